The second kappa shape index (κ2) is 9.49. The summed E-state index contributed by atoms with van der Waals surface area (Å²) < 4.78 is 60.4. The van der Waals surface area contributed by atoms with Crippen LogP contribution in [0.5, 0.6) is 5.88 Å². The third-order valence-corrected chi connectivity index (χ3v) is 7.50. The number of nitrogens with one attached hydrogen (secondary N) is 1. The molecule has 2 aliphatic carbocycles. The van der Waals surface area contributed by atoms with Crippen molar-refractivity contribution in [3.63, 3.8) is 0 Å². The molecule has 1 amide bonds. The van der Waals surface area contributed by atoms with Crippen molar-refractivity contribution in [3.05, 3.63) is 57.5 Å². The quantitative estimate of drug-likeness (QED) is 0.444. The number of pyridine rings is 1. The second-order valence-corrected chi connectivity index (χ2v) is 10.8. The summed E-state index contributed by atoms with van der Waals surface area (Å²) in [6, 6.07) is 4.22. The molecule has 0 spiro atoms. The smallest absolute Gasteiger partial charge is 0.418 e. The molecule has 3 aliphatic rings. The maximum atomic E-state index is 14.9. The first-order valence-electron chi connectivity index (χ1n) is 12.3. The molecule has 5 nitrogen and oxygen atoms in total. The van der Waals surface area contributed by atoms with Crippen molar-refractivity contribution in [3.8, 4) is 5.88 Å². The zero-order valence-corrected chi connectivity index (χ0v) is 20.7. The van der Waals surface area contributed by atoms with Gasteiger partial charge in [0.25, 0.3) is 5.91 Å². The molecule has 36 heavy (non-hydrogen) atoms. The third-order valence-electron chi connectivity index (χ3n) is 7.20. The zero-order chi connectivity index (χ0) is 25.7. The summed E-state index contributed by atoms with van der Waals surface area (Å²) in [6.45, 7) is 3.66. The summed E-state index contributed by atoms with van der Waals surface area (Å²) in [5.74, 6) is -0.614. The molecule has 10 heteroatoms. The van der Waals surface area contributed by atoms with Gasteiger partial charge in [-0.25, -0.2) is 9.37 Å². The van der Waals surface area contributed by atoms with Gasteiger partial charge in [-0.2, -0.15) is 13.2 Å². The first-order valence-corrected chi connectivity index (χ1v) is 12.7. The molecule has 3 fully saturated rings. The zero-order valence-electron chi connectivity index (χ0n) is 19.9. The van der Waals surface area contributed by atoms with Gasteiger partial charge in [-0.15, -0.1) is 0 Å². The molecule has 2 saturated carbocycles. The maximum absolute atomic E-state index is 14.9. The van der Waals surface area contributed by atoms with Gasteiger partial charge in [0, 0.05) is 31.7 Å². The van der Waals surface area contributed by atoms with Gasteiger partial charge in [-0.1, -0.05) is 11.6 Å². The molecule has 2 aromatic rings. The van der Waals surface area contributed by atoms with Gasteiger partial charge >= 0.3 is 6.18 Å². The van der Waals surface area contributed by atoms with E-state index in [4.69, 9.17) is 16.3 Å². The number of carbonyl (C=O) groups excluding carboxylic acids is 1. The lowest BCUT2D eigenvalue weighted by Gasteiger charge is -2.39. The van der Waals surface area contributed by atoms with Crippen molar-refractivity contribution < 1.29 is 27.1 Å². The van der Waals surface area contributed by atoms with Crippen LogP contribution >= 0.6 is 11.6 Å². The number of aromatic nitrogens is 1. The molecule has 5 rings (SSSR count). The Balaban J connectivity index is 1.24. The van der Waals surface area contributed by atoms with E-state index in [2.05, 4.69) is 15.2 Å². The monoisotopic (exact) mass is 525 g/mol. The number of likely N-dealkylation sites (tertiary alicyclic amines) is 1. The highest BCUT2D eigenvalue weighted by Gasteiger charge is 2.37. The molecule has 1 aromatic carbocycles. The van der Waals surface area contributed by atoms with E-state index in [0.29, 0.717) is 38.4 Å². The number of carbonyl (C=O) groups is 1. The Bertz CT molecular complexity index is 1160. The van der Waals surface area contributed by atoms with Crippen LogP contribution in [0.1, 0.15) is 78.4 Å². The van der Waals surface area contributed by atoms with E-state index in [-0.39, 0.29) is 23.4 Å². The van der Waals surface area contributed by atoms with Crippen LogP contribution in [0, 0.1) is 5.82 Å². The van der Waals surface area contributed by atoms with Gasteiger partial charge in [0.1, 0.15) is 11.4 Å². The molecule has 1 aliphatic heterocycles. The fraction of sp³-hybridized carbons (Fsp3) is 0.538. The molecule has 1 N–H and O–H groups in total. The van der Waals surface area contributed by atoms with Crippen molar-refractivity contribution in [2.24, 2.45) is 0 Å². The third kappa shape index (κ3) is 5.78. The average molecular weight is 526 g/mol. The molecule has 0 radical (unpaired) electrons. The van der Waals surface area contributed by atoms with Gasteiger partial charge in [0.15, 0.2) is 0 Å². The van der Waals surface area contributed by atoms with Gasteiger partial charge in [-0.05, 0) is 74.6 Å². The number of ether oxygens (including phenoxy) is 1. The van der Waals surface area contributed by atoms with E-state index < -0.39 is 28.2 Å². The second-order valence-electron chi connectivity index (χ2n) is 10.4. The van der Waals surface area contributed by atoms with Gasteiger partial charge in [-0.3, -0.25) is 9.69 Å². The maximum Gasteiger partial charge on any atom is 0.418 e. The molecule has 1 aromatic heterocycles. The Hall–Kier alpha value is -2.39. The lowest BCUT2D eigenvalue weighted by molar-refractivity contribution is -0.137. The number of hydrogen-bond acceptors (Lipinski definition) is 4. The minimum atomic E-state index is -4.59. The van der Waals surface area contributed by atoms with E-state index >= 15 is 0 Å². The molecule has 1 saturated heterocycles. The lowest BCUT2D eigenvalue weighted by Crippen LogP contribution is -2.46. The first kappa shape index (κ1) is 25.3. The molecule has 2 heterocycles. The van der Waals surface area contributed by atoms with E-state index in [1.807, 2.05) is 6.92 Å². The number of amides is 1. The van der Waals surface area contributed by atoms with Crippen LogP contribution in [-0.2, 0) is 12.7 Å². The Kier molecular flexibility index (Phi) is 6.66. The fourth-order valence-corrected chi connectivity index (χ4v) is 4.89. The standard InChI is InChI=1S/C26H28ClF4N3O2/c1-25(36-23-12-20(26(29,30)31)21(27)13-32-23)6-8-34(9-7-25)14-16-10-22(28)19(11-18(16)15-2-3-15)24(35)33-17-4-5-17/h10-13,15,17H,2-9,14H2,1H3,(H,33,35). The molecule has 194 valence electrons. The highest BCUT2D eigenvalue weighted by atomic mass is 35.5. The van der Waals surface area contributed by atoms with Crippen LogP contribution in [0.2, 0.25) is 5.02 Å². The number of nitrogens with zero attached hydrogens (tertiary/aromatic N) is 2. The lowest BCUT2D eigenvalue weighted by atomic mass is 9.92. The van der Waals surface area contributed by atoms with Crippen molar-refractivity contribution in [2.45, 2.75) is 75.7 Å². The SMILES string of the molecule is CC1(Oc2cc(C(F)(F)F)c(Cl)cn2)CCN(Cc2cc(F)c(C(=O)NC3CC3)cc2C2CC2)CC1. The number of halogens is 5. The van der Waals surface area contributed by atoms with Crippen LogP contribution < -0.4 is 10.1 Å². The minimum Gasteiger partial charge on any atom is -0.471 e. The summed E-state index contributed by atoms with van der Waals surface area (Å²) in [4.78, 5) is 18.6. The Morgan fingerprint density at radius 2 is 1.89 bits per heavy atom. The van der Waals surface area contributed by atoms with Crippen LogP contribution in [-0.4, -0.2) is 40.5 Å². The van der Waals surface area contributed by atoms with E-state index in [1.54, 1.807) is 6.07 Å². The number of rotatable bonds is 7. The Morgan fingerprint density at radius 1 is 1.19 bits per heavy atom. The van der Waals surface area contributed by atoms with E-state index in [1.165, 1.54) is 6.07 Å². The van der Waals surface area contributed by atoms with Crippen LogP contribution in [0.4, 0.5) is 17.6 Å². The number of alkyl halides is 3. The normalized spacial score (nSPS) is 20.3. The van der Waals surface area contributed by atoms with Crippen molar-refractivity contribution in [1.29, 1.82) is 0 Å². The van der Waals surface area contributed by atoms with Crippen molar-refractivity contribution in [1.82, 2.24) is 15.2 Å². The summed E-state index contributed by atoms with van der Waals surface area (Å²) in [5.41, 5.74) is 0.374. The number of benzene rings is 1. The molecule has 0 bridgehead atoms. The largest absolute Gasteiger partial charge is 0.471 e. The highest BCUT2D eigenvalue weighted by Crippen LogP contribution is 2.43. The van der Waals surface area contributed by atoms with Crippen LogP contribution in [0.25, 0.3) is 0 Å². The van der Waals surface area contributed by atoms with Crippen molar-refractivity contribution >= 4 is 17.5 Å². The van der Waals surface area contributed by atoms with Crippen LogP contribution in [0.3, 0.4) is 0 Å². The Morgan fingerprint density at radius 3 is 2.50 bits per heavy atom. The highest BCUT2D eigenvalue weighted by molar-refractivity contribution is 6.31. The molecule has 0 unspecified atom stereocenters. The van der Waals surface area contributed by atoms with Gasteiger partial charge in [0.2, 0.25) is 5.88 Å². The van der Waals surface area contributed by atoms with E-state index in [0.717, 1.165) is 49.1 Å². The van der Waals surface area contributed by atoms with Crippen molar-refractivity contribution in [2.75, 3.05) is 13.1 Å². The fourth-order valence-electron chi connectivity index (χ4n) is 4.68. The topological polar surface area (TPSA) is 54.5 Å². The summed E-state index contributed by atoms with van der Waals surface area (Å²) in [7, 11) is 0. The summed E-state index contributed by atoms with van der Waals surface area (Å²) in [6.07, 6.45) is 1.45. The molecular weight excluding hydrogens is 498 g/mol. The first-order chi connectivity index (χ1) is 17.0. The average Bonchev–Trinajstić information content (AvgIpc) is 3.71. The number of piperidine rings is 1. The minimum absolute atomic E-state index is 0.110. The predicted molar refractivity (Wildman–Crippen MR) is 127 cm³/mol. The van der Waals surface area contributed by atoms with Gasteiger partial charge < -0.3 is 10.1 Å². The van der Waals surface area contributed by atoms with Gasteiger partial charge in [0.05, 0.1) is 22.3 Å². The molecular formula is C26H28ClF4N3O2. The molecule has 0 atom stereocenters. The summed E-state index contributed by atoms with van der Waals surface area (Å²) in [5, 5.41) is 2.40. The summed E-state index contributed by atoms with van der Waals surface area (Å²) >= 11 is 5.66. The number of hydrogen-bond donors (Lipinski definition) is 1. The predicted octanol–water partition coefficient (Wildman–Crippen LogP) is 6.10. The Labute approximate surface area is 212 Å². The van der Waals surface area contributed by atoms with Crippen LogP contribution in [0.15, 0.2) is 24.4 Å². The van der Waals surface area contributed by atoms with E-state index in [9.17, 15) is 22.4 Å².